The molecule has 0 aliphatic carbocycles. The van der Waals surface area contributed by atoms with Crippen molar-refractivity contribution in [2.75, 3.05) is 11.9 Å². The summed E-state index contributed by atoms with van der Waals surface area (Å²) in [4.78, 5) is 0. The van der Waals surface area contributed by atoms with Crippen molar-refractivity contribution in [3.8, 4) is 0 Å². The van der Waals surface area contributed by atoms with Gasteiger partial charge in [-0.1, -0.05) is 25.4 Å². The second kappa shape index (κ2) is 5.88. The quantitative estimate of drug-likeness (QED) is 0.810. The molecule has 1 atom stereocenters. The molecule has 0 fully saturated rings. The van der Waals surface area contributed by atoms with Gasteiger partial charge < -0.3 is 10.4 Å². The van der Waals surface area contributed by atoms with Crippen LogP contribution in [-0.4, -0.2) is 28.0 Å². The van der Waals surface area contributed by atoms with Crippen LogP contribution in [-0.2, 0) is 0 Å². The highest BCUT2D eigenvalue weighted by Crippen LogP contribution is 2.11. The highest BCUT2D eigenvalue weighted by atomic mass is 35.5. The number of aliphatic hydroxyl groups excluding tert-OH is 1. The standard InChI is InChI=1S/C10H16ClN3O/c1-7(2)5-8(6-15)12-10-4-3-9(11)13-14-10/h3-4,7-8,15H,5-6H2,1-2H3,(H,12,14). The van der Waals surface area contributed by atoms with Crippen LogP contribution in [0.3, 0.4) is 0 Å². The maximum Gasteiger partial charge on any atom is 0.151 e. The summed E-state index contributed by atoms with van der Waals surface area (Å²) in [5.74, 6) is 1.16. The average molecular weight is 230 g/mol. The van der Waals surface area contributed by atoms with E-state index in [1.807, 2.05) is 0 Å². The Morgan fingerprint density at radius 3 is 2.60 bits per heavy atom. The molecule has 1 aromatic rings. The van der Waals surface area contributed by atoms with E-state index in [1.54, 1.807) is 12.1 Å². The number of hydrogen-bond acceptors (Lipinski definition) is 4. The van der Waals surface area contributed by atoms with E-state index in [1.165, 1.54) is 0 Å². The molecule has 0 radical (unpaired) electrons. The van der Waals surface area contributed by atoms with Crippen molar-refractivity contribution in [3.05, 3.63) is 17.3 Å². The predicted molar refractivity (Wildman–Crippen MR) is 61.0 cm³/mol. The van der Waals surface area contributed by atoms with Crippen LogP contribution in [0.2, 0.25) is 5.15 Å². The normalized spacial score (nSPS) is 12.9. The molecule has 0 amide bonds. The van der Waals surface area contributed by atoms with Gasteiger partial charge in [-0.2, -0.15) is 0 Å². The first-order valence-corrected chi connectivity index (χ1v) is 5.36. The number of aromatic nitrogens is 2. The third-order valence-electron chi connectivity index (χ3n) is 1.96. The Hall–Kier alpha value is -0.870. The third kappa shape index (κ3) is 4.44. The van der Waals surface area contributed by atoms with Crippen LogP contribution >= 0.6 is 11.6 Å². The van der Waals surface area contributed by atoms with Gasteiger partial charge in [-0.25, -0.2) is 0 Å². The lowest BCUT2D eigenvalue weighted by molar-refractivity contribution is 0.259. The minimum absolute atomic E-state index is 0.0143. The largest absolute Gasteiger partial charge is 0.394 e. The molecule has 0 aliphatic rings. The van der Waals surface area contributed by atoms with Crippen LogP contribution in [0.5, 0.6) is 0 Å². The topological polar surface area (TPSA) is 58.0 Å². The van der Waals surface area contributed by atoms with Crippen LogP contribution in [0.4, 0.5) is 5.82 Å². The molecule has 15 heavy (non-hydrogen) atoms. The summed E-state index contributed by atoms with van der Waals surface area (Å²) in [5.41, 5.74) is 0. The molecule has 0 spiro atoms. The van der Waals surface area contributed by atoms with Crippen LogP contribution in [0.25, 0.3) is 0 Å². The molecule has 0 aliphatic heterocycles. The van der Waals surface area contributed by atoms with Crippen LogP contribution in [0, 0.1) is 5.92 Å². The monoisotopic (exact) mass is 229 g/mol. The maximum absolute atomic E-state index is 9.15. The number of halogens is 1. The minimum atomic E-state index is 0.0143. The van der Waals surface area contributed by atoms with Crippen molar-refractivity contribution in [2.45, 2.75) is 26.3 Å². The van der Waals surface area contributed by atoms with Crippen molar-refractivity contribution in [3.63, 3.8) is 0 Å². The Kier molecular flexibility index (Phi) is 4.78. The number of nitrogens with zero attached hydrogens (tertiary/aromatic N) is 2. The zero-order chi connectivity index (χ0) is 11.3. The van der Waals surface area contributed by atoms with Gasteiger partial charge in [0, 0.05) is 0 Å². The third-order valence-corrected chi connectivity index (χ3v) is 2.16. The molecule has 0 bridgehead atoms. The number of anilines is 1. The highest BCUT2D eigenvalue weighted by molar-refractivity contribution is 6.29. The van der Waals surface area contributed by atoms with Crippen molar-refractivity contribution < 1.29 is 5.11 Å². The van der Waals surface area contributed by atoms with Crippen LogP contribution in [0.1, 0.15) is 20.3 Å². The first-order chi connectivity index (χ1) is 7.11. The summed E-state index contributed by atoms with van der Waals surface area (Å²) in [6.45, 7) is 4.30. The Morgan fingerprint density at radius 1 is 1.40 bits per heavy atom. The molecule has 1 unspecified atom stereocenters. The molecule has 1 heterocycles. The van der Waals surface area contributed by atoms with Crippen molar-refractivity contribution in [1.29, 1.82) is 0 Å². The van der Waals surface area contributed by atoms with Gasteiger partial charge in [0.25, 0.3) is 0 Å². The number of hydrogen-bond donors (Lipinski definition) is 2. The minimum Gasteiger partial charge on any atom is -0.394 e. The van der Waals surface area contributed by atoms with Crippen LogP contribution in [0.15, 0.2) is 12.1 Å². The lowest BCUT2D eigenvalue weighted by atomic mass is 10.0. The fraction of sp³-hybridized carbons (Fsp3) is 0.600. The van der Waals surface area contributed by atoms with Gasteiger partial charge in [-0.3, -0.25) is 0 Å². The summed E-state index contributed by atoms with van der Waals surface area (Å²) in [5, 5.41) is 20.2. The predicted octanol–water partition coefficient (Wildman–Crippen LogP) is 1.95. The molecule has 0 saturated heterocycles. The smallest absolute Gasteiger partial charge is 0.151 e. The fourth-order valence-corrected chi connectivity index (χ4v) is 1.45. The summed E-state index contributed by atoms with van der Waals surface area (Å²) >= 11 is 5.62. The molecular weight excluding hydrogens is 214 g/mol. The van der Waals surface area contributed by atoms with Crippen molar-refractivity contribution in [1.82, 2.24) is 10.2 Å². The Morgan fingerprint density at radius 2 is 2.13 bits per heavy atom. The second-order valence-corrected chi connectivity index (χ2v) is 4.28. The molecule has 4 nitrogen and oxygen atoms in total. The van der Waals surface area contributed by atoms with Gasteiger partial charge >= 0.3 is 0 Å². The van der Waals surface area contributed by atoms with Crippen molar-refractivity contribution in [2.24, 2.45) is 5.92 Å². The Balaban J connectivity index is 2.54. The molecule has 84 valence electrons. The Bertz CT molecular complexity index is 289. The number of rotatable bonds is 5. The van der Waals surface area contributed by atoms with E-state index < -0.39 is 0 Å². The SMILES string of the molecule is CC(C)CC(CO)Nc1ccc(Cl)nn1. The van der Waals surface area contributed by atoms with E-state index in [9.17, 15) is 0 Å². The molecule has 0 saturated carbocycles. The molecule has 0 aromatic carbocycles. The molecule has 5 heteroatoms. The lowest BCUT2D eigenvalue weighted by Crippen LogP contribution is -2.26. The van der Waals surface area contributed by atoms with E-state index >= 15 is 0 Å². The number of aliphatic hydroxyl groups is 1. The van der Waals surface area contributed by atoms with Gasteiger partial charge in [0.05, 0.1) is 12.6 Å². The van der Waals surface area contributed by atoms with E-state index in [2.05, 4.69) is 29.4 Å². The lowest BCUT2D eigenvalue weighted by Gasteiger charge is -2.18. The molecular formula is C10H16ClN3O. The maximum atomic E-state index is 9.15. The average Bonchev–Trinajstić information content (AvgIpc) is 2.19. The fourth-order valence-electron chi connectivity index (χ4n) is 1.35. The first kappa shape index (κ1) is 12.2. The summed E-state index contributed by atoms with van der Waals surface area (Å²) in [6.07, 6.45) is 0.890. The van der Waals surface area contributed by atoms with E-state index in [-0.39, 0.29) is 12.6 Å². The Labute approximate surface area is 94.7 Å². The van der Waals surface area contributed by atoms with Gasteiger partial charge in [0.2, 0.25) is 0 Å². The molecule has 1 aromatic heterocycles. The second-order valence-electron chi connectivity index (χ2n) is 3.89. The zero-order valence-electron chi connectivity index (χ0n) is 8.94. The van der Waals surface area contributed by atoms with Gasteiger partial charge in [-0.05, 0) is 24.5 Å². The first-order valence-electron chi connectivity index (χ1n) is 4.98. The molecule has 1 rings (SSSR count). The summed E-state index contributed by atoms with van der Waals surface area (Å²) in [7, 11) is 0. The van der Waals surface area contributed by atoms with E-state index in [0.29, 0.717) is 16.9 Å². The molecule has 2 N–H and O–H groups in total. The summed E-state index contributed by atoms with van der Waals surface area (Å²) < 4.78 is 0. The summed E-state index contributed by atoms with van der Waals surface area (Å²) in [6, 6.07) is 3.43. The van der Waals surface area contributed by atoms with Gasteiger partial charge in [0.1, 0.15) is 5.82 Å². The van der Waals surface area contributed by atoms with E-state index in [0.717, 1.165) is 6.42 Å². The van der Waals surface area contributed by atoms with Gasteiger partial charge in [-0.15, -0.1) is 10.2 Å². The zero-order valence-corrected chi connectivity index (χ0v) is 9.70. The van der Waals surface area contributed by atoms with E-state index in [4.69, 9.17) is 16.7 Å². The van der Waals surface area contributed by atoms with Crippen LogP contribution < -0.4 is 5.32 Å². The number of nitrogens with one attached hydrogen (secondary N) is 1. The van der Waals surface area contributed by atoms with Gasteiger partial charge in [0.15, 0.2) is 5.15 Å². The highest BCUT2D eigenvalue weighted by Gasteiger charge is 2.10. The van der Waals surface area contributed by atoms with Crippen molar-refractivity contribution >= 4 is 17.4 Å².